The molecule has 0 radical (unpaired) electrons. The molecule has 4 heterocycles. The molecule has 66 heavy (non-hydrogen) atoms. The molecule has 9 aromatic carbocycles. The van der Waals surface area contributed by atoms with E-state index in [4.69, 9.17) is 0 Å². The predicted molar refractivity (Wildman–Crippen MR) is 284 cm³/mol. The Labute approximate surface area is 391 Å². The van der Waals surface area contributed by atoms with E-state index in [-0.39, 0.29) is 17.7 Å². The van der Waals surface area contributed by atoms with Crippen LogP contribution in [0.2, 0.25) is 0 Å². The highest BCUT2D eigenvalue weighted by atomic mass is 32.1. The van der Waals surface area contributed by atoms with Crippen molar-refractivity contribution in [2.75, 3.05) is 14.7 Å². The molecule has 0 spiro atoms. The number of rotatable bonds is 5. The zero-order valence-electron chi connectivity index (χ0n) is 37.6. The van der Waals surface area contributed by atoms with Crippen molar-refractivity contribution in [3.05, 3.63) is 199 Å². The number of para-hydroxylation sites is 2. The van der Waals surface area contributed by atoms with Crippen LogP contribution in [0.15, 0.2) is 188 Å². The molecule has 4 aliphatic rings. The molecule has 0 bridgehead atoms. The number of anilines is 8. The normalized spacial score (nSPS) is 18.9. The summed E-state index contributed by atoms with van der Waals surface area (Å²) in [6, 6.07) is 71.2. The van der Waals surface area contributed by atoms with Gasteiger partial charge in [0.1, 0.15) is 0 Å². The van der Waals surface area contributed by atoms with Crippen molar-refractivity contribution in [2.45, 2.75) is 57.4 Å². The molecule has 10 aromatic rings. The fraction of sp³-hybridized carbons (Fsp3) is 0.148. The summed E-state index contributed by atoms with van der Waals surface area (Å²) >= 11 is 1.89. The standard InChI is InChI=1S/C61H48BN3S/c1-39-34-54-57-55(35-39)65-58-49(60(2)32-11-12-33-61(60,65)3)24-15-25-51(58)62(57)50-31-30-46(38-53(50)64(54)44-19-5-4-6-20-44)63(52-26-14-23-48-47-22-9-10-27-56(47)66-59(48)52)45-21-13-18-42(37-45)43-29-28-40-16-7-8-17-41(40)36-43/h4-10,13-31,34-38H,11-12,32-33H2,1-3H3. The van der Waals surface area contributed by atoms with Crippen LogP contribution in [0.5, 0.6) is 0 Å². The molecule has 1 saturated carbocycles. The maximum Gasteiger partial charge on any atom is 0.252 e. The van der Waals surface area contributed by atoms with Crippen molar-refractivity contribution in [3.63, 3.8) is 0 Å². The van der Waals surface area contributed by atoms with Crippen molar-refractivity contribution >= 4 is 111 Å². The van der Waals surface area contributed by atoms with Crippen LogP contribution in [-0.4, -0.2) is 12.3 Å². The lowest BCUT2D eigenvalue weighted by Gasteiger charge is -2.52. The van der Waals surface area contributed by atoms with Crippen molar-refractivity contribution in [1.82, 2.24) is 0 Å². The summed E-state index contributed by atoms with van der Waals surface area (Å²) in [7, 11) is 0. The lowest BCUT2D eigenvalue weighted by atomic mass is 9.33. The monoisotopic (exact) mass is 865 g/mol. The van der Waals surface area contributed by atoms with Crippen molar-refractivity contribution in [1.29, 1.82) is 0 Å². The van der Waals surface area contributed by atoms with Gasteiger partial charge in [-0.3, -0.25) is 0 Å². The summed E-state index contributed by atoms with van der Waals surface area (Å²) in [5.41, 5.74) is 19.5. The molecule has 1 aromatic heterocycles. The molecular weight excluding hydrogens is 818 g/mol. The second-order valence-corrected chi connectivity index (χ2v) is 20.7. The van der Waals surface area contributed by atoms with E-state index >= 15 is 0 Å². The molecule has 1 fully saturated rings. The first kappa shape index (κ1) is 38.2. The Morgan fingerprint density at radius 1 is 0.561 bits per heavy atom. The second-order valence-electron chi connectivity index (χ2n) is 19.7. The maximum absolute atomic E-state index is 2.83. The van der Waals surface area contributed by atoms with E-state index in [1.54, 1.807) is 0 Å². The number of aryl methyl sites for hydroxylation is 1. The van der Waals surface area contributed by atoms with Gasteiger partial charge in [-0.05, 0) is 143 Å². The van der Waals surface area contributed by atoms with Gasteiger partial charge in [0.25, 0.3) is 6.71 Å². The van der Waals surface area contributed by atoms with Crippen LogP contribution in [0.1, 0.15) is 50.7 Å². The van der Waals surface area contributed by atoms with Crippen LogP contribution < -0.4 is 31.1 Å². The Bertz CT molecular complexity index is 3650. The molecule has 3 nitrogen and oxygen atoms in total. The minimum atomic E-state index is -0.00652. The molecule has 0 amide bonds. The van der Waals surface area contributed by atoms with Crippen LogP contribution in [0.25, 0.3) is 42.1 Å². The third kappa shape index (κ3) is 5.21. The number of hydrogen-bond acceptors (Lipinski definition) is 4. The number of nitrogens with zero attached hydrogens (tertiary/aromatic N) is 3. The summed E-state index contributed by atoms with van der Waals surface area (Å²) in [5, 5.41) is 5.09. The third-order valence-electron chi connectivity index (χ3n) is 16.2. The molecule has 14 rings (SSSR count). The fourth-order valence-electron chi connectivity index (χ4n) is 12.9. The summed E-state index contributed by atoms with van der Waals surface area (Å²) < 4.78 is 2.59. The van der Waals surface area contributed by atoms with Gasteiger partial charge in [0.15, 0.2) is 0 Å². The van der Waals surface area contributed by atoms with E-state index in [1.807, 2.05) is 11.3 Å². The lowest BCUT2D eigenvalue weighted by Crippen LogP contribution is -2.64. The second kappa shape index (κ2) is 14.0. The van der Waals surface area contributed by atoms with Gasteiger partial charge in [-0.15, -0.1) is 11.3 Å². The molecule has 2 atom stereocenters. The average Bonchev–Trinajstić information content (AvgIpc) is 3.84. The quantitative estimate of drug-likeness (QED) is 0.160. The first-order valence-electron chi connectivity index (χ1n) is 23.7. The van der Waals surface area contributed by atoms with E-state index in [2.05, 4.69) is 224 Å². The summed E-state index contributed by atoms with van der Waals surface area (Å²) in [5.74, 6) is 0. The van der Waals surface area contributed by atoms with Crippen LogP contribution in [0, 0.1) is 6.92 Å². The number of benzene rings is 9. The molecule has 1 aliphatic carbocycles. The van der Waals surface area contributed by atoms with Crippen molar-refractivity contribution in [2.24, 2.45) is 0 Å². The van der Waals surface area contributed by atoms with Crippen molar-refractivity contribution in [3.8, 4) is 11.1 Å². The van der Waals surface area contributed by atoms with Gasteiger partial charge in [0.05, 0.1) is 15.9 Å². The number of thiophene rings is 1. The van der Waals surface area contributed by atoms with E-state index in [0.717, 1.165) is 11.4 Å². The van der Waals surface area contributed by atoms with Gasteiger partial charge in [-0.2, -0.15) is 0 Å². The van der Waals surface area contributed by atoms with E-state index in [9.17, 15) is 0 Å². The minimum Gasteiger partial charge on any atom is -0.335 e. The highest BCUT2D eigenvalue weighted by Crippen LogP contribution is 2.62. The molecule has 0 N–H and O–H groups in total. The summed E-state index contributed by atoms with van der Waals surface area (Å²) in [4.78, 5) is 7.94. The Balaban J connectivity index is 1.03. The van der Waals surface area contributed by atoms with Crippen LogP contribution in [0.4, 0.5) is 45.5 Å². The van der Waals surface area contributed by atoms with E-state index in [0.29, 0.717) is 0 Å². The number of fused-ring (bicyclic) bond motifs is 11. The van der Waals surface area contributed by atoms with Crippen LogP contribution in [0.3, 0.4) is 0 Å². The smallest absolute Gasteiger partial charge is 0.252 e. The average molecular weight is 866 g/mol. The molecular formula is C61H48BN3S. The van der Waals surface area contributed by atoms with Gasteiger partial charge in [-0.1, -0.05) is 141 Å². The van der Waals surface area contributed by atoms with Gasteiger partial charge >= 0.3 is 0 Å². The van der Waals surface area contributed by atoms with Crippen molar-refractivity contribution < 1.29 is 0 Å². The SMILES string of the molecule is Cc1cc2c3c(c1)N1c4c(cccc4C4(C)CCCCC14C)B3c1ccc(N(c3cccc(-c4ccc5ccccc5c4)c3)c3cccc4c3sc3ccccc34)cc1N2c1ccccc1. The topological polar surface area (TPSA) is 9.72 Å². The summed E-state index contributed by atoms with van der Waals surface area (Å²) in [6.07, 6.45) is 4.96. The first-order chi connectivity index (χ1) is 32.4. The van der Waals surface area contributed by atoms with Gasteiger partial charge in [-0.25, -0.2) is 0 Å². The van der Waals surface area contributed by atoms with Gasteiger partial charge < -0.3 is 14.7 Å². The number of hydrogen-bond donors (Lipinski definition) is 0. The predicted octanol–water partition coefficient (Wildman–Crippen LogP) is 15.0. The molecule has 3 aliphatic heterocycles. The molecule has 0 saturated heterocycles. The maximum atomic E-state index is 2.83. The molecule has 2 unspecified atom stereocenters. The Kier molecular flexibility index (Phi) is 8.09. The highest BCUT2D eigenvalue weighted by Gasteiger charge is 2.61. The van der Waals surface area contributed by atoms with Crippen LogP contribution in [-0.2, 0) is 5.41 Å². The minimum absolute atomic E-state index is 0.00652. The lowest BCUT2D eigenvalue weighted by molar-refractivity contribution is 0.195. The first-order valence-corrected chi connectivity index (χ1v) is 24.6. The zero-order chi connectivity index (χ0) is 43.9. The molecule has 5 heteroatoms. The zero-order valence-corrected chi connectivity index (χ0v) is 38.4. The Hall–Kier alpha value is -7.08. The summed E-state index contributed by atoms with van der Waals surface area (Å²) in [6.45, 7) is 7.54. The Morgan fingerprint density at radius 3 is 2.21 bits per heavy atom. The van der Waals surface area contributed by atoms with Crippen LogP contribution >= 0.6 is 11.3 Å². The third-order valence-corrected chi connectivity index (χ3v) is 17.4. The van der Waals surface area contributed by atoms with Gasteiger partial charge in [0.2, 0.25) is 0 Å². The Morgan fingerprint density at radius 2 is 1.30 bits per heavy atom. The van der Waals surface area contributed by atoms with E-state index in [1.165, 1.54) is 129 Å². The van der Waals surface area contributed by atoms with E-state index < -0.39 is 0 Å². The molecule has 316 valence electrons. The largest absolute Gasteiger partial charge is 0.335 e. The van der Waals surface area contributed by atoms with Gasteiger partial charge in [0, 0.05) is 60.7 Å². The highest BCUT2D eigenvalue weighted by molar-refractivity contribution is 7.26. The fourth-order valence-corrected chi connectivity index (χ4v) is 14.1.